The summed E-state index contributed by atoms with van der Waals surface area (Å²) in [6, 6.07) is 13.9. The molecule has 2 aromatic rings. The Labute approximate surface area is 123 Å². The zero-order valence-corrected chi connectivity index (χ0v) is 12.1. The fourth-order valence-electron chi connectivity index (χ4n) is 1.68. The van der Waals surface area contributed by atoms with Crippen LogP contribution >= 0.6 is 12.2 Å². The van der Waals surface area contributed by atoms with Gasteiger partial charge in [-0.25, -0.2) is 0 Å². The lowest BCUT2D eigenvalue weighted by molar-refractivity contribution is 0.556. The van der Waals surface area contributed by atoms with Gasteiger partial charge in [-0.3, -0.25) is 5.43 Å². The van der Waals surface area contributed by atoms with Crippen molar-refractivity contribution in [3.63, 3.8) is 0 Å². The Morgan fingerprint density at radius 3 is 2.70 bits per heavy atom. The molecule has 2 rings (SSSR count). The highest BCUT2D eigenvalue weighted by atomic mass is 32.1. The van der Waals surface area contributed by atoms with E-state index >= 15 is 0 Å². The van der Waals surface area contributed by atoms with Gasteiger partial charge in [0.15, 0.2) is 5.11 Å². The van der Waals surface area contributed by atoms with Gasteiger partial charge in [0.25, 0.3) is 0 Å². The van der Waals surface area contributed by atoms with Crippen molar-refractivity contribution >= 4 is 23.0 Å². The summed E-state index contributed by atoms with van der Waals surface area (Å²) < 4.78 is 5.23. The lowest BCUT2D eigenvalue weighted by Gasteiger charge is -2.07. The molecule has 5 heteroatoms. The van der Waals surface area contributed by atoms with Crippen LogP contribution in [0, 0.1) is 0 Å². The number of hydrazone groups is 1. The second-order valence-electron chi connectivity index (χ2n) is 4.28. The first-order valence-corrected chi connectivity index (χ1v) is 6.82. The average molecular weight is 287 g/mol. The number of furan rings is 1. The maximum Gasteiger partial charge on any atom is 0.186 e. The molecular formula is C15H17N3OS. The summed E-state index contributed by atoms with van der Waals surface area (Å²) in [5, 5.41) is 7.78. The molecule has 0 amide bonds. The SMILES string of the molecule is C/C(=N/NC(=S)NCCc1ccccc1)c1ccco1. The summed E-state index contributed by atoms with van der Waals surface area (Å²) in [4.78, 5) is 0. The van der Waals surface area contributed by atoms with Crippen molar-refractivity contribution in [3.05, 3.63) is 60.1 Å². The Morgan fingerprint density at radius 2 is 2.00 bits per heavy atom. The Morgan fingerprint density at radius 1 is 1.20 bits per heavy atom. The van der Waals surface area contributed by atoms with E-state index in [2.05, 4.69) is 28.0 Å². The summed E-state index contributed by atoms with van der Waals surface area (Å²) in [6.07, 6.45) is 2.54. The van der Waals surface area contributed by atoms with Crippen LogP contribution in [0.5, 0.6) is 0 Å². The summed E-state index contributed by atoms with van der Waals surface area (Å²) in [5.41, 5.74) is 4.83. The van der Waals surface area contributed by atoms with Crippen LogP contribution in [0.15, 0.2) is 58.2 Å². The highest BCUT2D eigenvalue weighted by Gasteiger charge is 2.00. The minimum absolute atomic E-state index is 0.506. The molecule has 1 heterocycles. The number of nitrogens with zero attached hydrogens (tertiary/aromatic N) is 1. The van der Waals surface area contributed by atoms with Gasteiger partial charge in [-0.15, -0.1) is 0 Å². The van der Waals surface area contributed by atoms with Gasteiger partial charge in [0.2, 0.25) is 0 Å². The van der Waals surface area contributed by atoms with Crippen LogP contribution < -0.4 is 10.7 Å². The molecule has 0 unspecified atom stereocenters. The second-order valence-corrected chi connectivity index (χ2v) is 4.69. The van der Waals surface area contributed by atoms with Crippen molar-refractivity contribution in [2.75, 3.05) is 6.54 Å². The molecule has 104 valence electrons. The summed E-state index contributed by atoms with van der Waals surface area (Å²) in [5.74, 6) is 0.726. The van der Waals surface area contributed by atoms with Crippen LogP contribution in [-0.2, 0) is 6.42 Å². The van der Waals surface area contributed by atoms with Crippen LogP contribution in [0.4, 0.5) is 0 Å². The first-order valence-electron chi connectivity index (χ1n) is 6.41. The molecule has 0 atom stereocenters. The normalized spacial score (nSPS) is 11.2. The highest BCUT2D eigenvalue weighted by Crippen LogP contribution is 2.01. The number of hydrogen-bond acceptors (Lipinski definition) is 3. The smallest absolute Gasteiger partial charge is 0.186 e. The standard InChI is InChI=1S/C15H17N3OS/c1-12(14-8-5-11-19-14)17-18-15(20)16-10-9-13-6-3-2-4-7-13/h2-8,11H,9-10H2,1H3,(H2,16,18,20)/b17-12-. The highest BCUT2D eigenvalue weighted by molar-refractivity contribution is 7.80. The molecule has 2 N–H and O–H groups in total. The minimum Gasteiger partial charge on any atom is -0.463 e. The third kappa shape index (κ3) is 4.51. The van der Waals surface area contributed by atoms with E-state index in [4.69, 9.17) is 16.6 Å². The van der Waals surface area contributed by atoms with Gasteiger partial charge in [0.1, 0.15) is 11.5 Å². The molecule has 4 nitrogen and oxygen atoms in total. The zero-order chi connectivity index (χ0) is 14.2. The van der Waals surface area contributed by atoms with Crippen LogP contribution in [0.2, 0.25) is 0 Å². The van der Waals surface area contributed by atoms with E-state index < -0.39 is 0 Å². The minimum atomic E-state index is 0.506. The van der Waals surface area contributed by atoms with E-state index in [0.717, 1.165) is 24.4 Å². The number of hydrogen-bond donors (Lipinski definition) is 2. The molecule has 0 bridgehead atoms. The quantitative estimate of drug-likeness (QED) is 0.504. The molecule has 0 saturated heterocycles. The van der Waals surface area contributed by atoms with Gasteiger partial charge < -0.3 is 9.73 Å². The van der Waals surface area contributed by atoms with E-state index in [-0.39, 0.29) is 0 Å². The summed E-state index contributed by atoms with van der Waals surface area (Å²) >= 11 is 5.16. The largest absolute Gasteiger partial charge is 0.463 e. The van der Waals surface area contributed by atoms with Crippen LogP contribution in [0.1, 0.15) is 18.2 Å². The van der Waals surface area contributed by atoms with Crippen molar-refractivity contribution in [1.82, 2.24) is 10.7 Å². The van der Waals surface area contributed by atoms with Crippen molar-refractivity contribution in [2.24, 2.45) is 5.10 Å². The first kappa shape index (κ1) is 14.3. The predicted octanol–water partition coefficient (Wildman–Crippen LogP) is 2.71. The van der Waals surface area contributed by atoms with Crippen molar-refractivity contribution in [1.29, 1.82) is 0 Å². The lowest BCUT2D eigenvalue weighted by Crippen LogP contribution is -2.33. The Hall–Kier alpha value is -2.14. The molecule has 0 aliphatic rings. The van der Waals surface area contributed by atoms with Crippen LogP contribution in [-0.4, -0.2) is 17.4 Å². The monoisotopic (exact) mass is 287 g/mol. The van der Waals surface area contributed by atoms with Crippen LogP contribution in [0.25, 0.3) is 0 Å². The molecule has 1 aromatic heterocycles. The van der Waals surface area contributed by atoms with Gasteiger partial charge in [-0.1, -0.05) is 30.3 Å². The van der Waals surface area contributed by atoms with Gasteiger partial charge >= 0.3 is 0 Å². The van der Waals surface area contributed by atoms with E-state index in [1.54, 1.807) is 6.26 Å². The molecule has 0 fully saturated rings. The third-order valence-corrected chi connectivity index (χ3v) is 2.98. The molecule has 0 saturated carbocycles. The fourth-order valence-corrected chi connectivity index (χ4v) is 1.83. The molecule has 20 heavy (non-hydrogen) atoms. The zero-order valence-electron chi connectivity index (χ0n) is 11.3. The third-order valence-electron chi connectivity index (χ3n) is 2.74. The molecule has 0 aliphatic carbocycles. The molecular weight excluding hydrogens is 270 g/mol. The van der Waals surface area contributed by atoms with Gasteiger partial charge in [-0.2, -0.15) is 5.10 Å². The summed E-state index contributed by atoms with van der Waals surface area (Å²) in [7, 11) is 0. The number of thiocarbonyl (C=S) groups is 1. The number of benzene rings is 1. The number of nitrogens with one attached hydrogen (secondary N) is 2. The number of rotatable bonds is 5. The van der Waals surface area contributed by atoms with E-state index in [9.17, 15) is 0 Å². The second kappa shape index (κ2) is 7.45. The predicted molar refractivity (Wildman–Crippen MR) is 84.8 cm³/mol. The Balaban J connectivity index is 1.72. The topological polar surface area (TPSA) is 49.6 Å². The van der Waals surface area contributed by atoms with Gasteiger partial charge in [0.05, 0.1) is 6.26 Å². The average Bonchev–Trinajstić information content (AvgIpc) is 3.00. The Kier molecular flexibility index (Phi) is 5.32. The van der Waals surface area contributed by atoms with Crippen molar-refractivity contribution in [2.45, 2.75) is 13.3 Å². The maximum absolute atomic E-state index is 5.23. The van der Waals surface area contributed by atoms with Crippen LogP contribution in [0.3, 0.4) is 0 Å². The van der Waals surface area contributed by atoms with Gasteiger partial charge in [0, 0.05) is 6.54 Å². The van der Waals surface area contributed by atoms with E-state index in [0.29, 0.717) is 5.11 Å². The molecule has 0 spiro atoms. The van der Waals surface area contributed by atoms with Crippen molar-refractivity contribution in [3.8, 4) is 0 Å². The maximum atomic E-state index is 5.23. The van der Waals surface area contributed by atoms with E-state index in [1.807, 2.05) is 37.3 Å². The van der Waals surface area contributed by atoms with E-state index in [1.165, 1.54) is 5.56 Å². The fraction of sp³-hybridized carbons (Fsp3) is 0.200. The lowest BCUT2D eigenvalue weighted by atomic mass is 10.1. The molecule has 0 aliphatic heterocycles. The Bertz CT molecular complexity index is 564. The van der Waals surface area contributed by atoms with Crippen molar-refractivity contribution < 1.29 is 4.42 Å². The molecule has 0 radical (unpaired) electrons. The summed E-state index contributed by atoms with van der Waals surface area (Å²) in [6.45, 7) is 2.63. The van der Waals surface area contributed by atoms with Gasteiger partial charge in [-0.05, 0) is 43.3 Å². The molecule has 1 aromatic carbocycles. The first-order chi connectivity index (χ1) is 9.75.